The number of guanidine groups is 2. The van der Waals surface area contributed by atoms with Crippen molar-refractivity contribution in [3.05, 3.63) is 144 Å². The summed E-state index contributed by atoms with van der Waals surface area (Å²) in [5, 5.41) is 29.9. The van der Waals surface area contributed by atoms with Gasteiger partial charge in [0.25, 0.3) is 0 Å². The van der Waals surface area contributed by atoms with E-state index in [1.165, 1.54) is 4.90 Å². The second-order valence-electron chi connectivity index (χ2n) is 23.2. The van der Waals surface area contributed by atoms with Crippen molar-refractivity contribution in [1.29, 1.82) is 0 Å². The van der Waals surface area contributed by atoms with E-state index in [0.29, 0.717) is 11.1 Å². The summed E-state index contributed by atoms with van der Waals surface area (Å²) < 4.78 is 0. The Morgan fingerprint density at radius 1 is 0.461 bits per heavy atom. The topological polar surface area (TPSA) is 442 Å². The van der Waals surface area contributed by atoms with Gasteiger partial charge in [0, 0.05) is 32.5 Å². The third-order valence-corrected chi connectivity index (χ3v) is 14.9. The monoisotopic (exact) mass is 1230 g/mol. The highest BCUT2D eigenvalue weighted by molar-refractivity contribution is 5.98. The number of nitrogens with two attached hydrogens (primary N) is 6. The van der Waals surface area contributed by atoms with Crippen molar-refractivity contribution < 1.29 is 48.3 Å². The Morgan fingerprint density at radius 3 is 1.16 bits per heavy atom. The molecule has 0 bridgehead atoms. The summed E-state index contributed by atoms with van der Waals surface area (Å²) in [6.45, 7) is 6.07. The Balaban J connectivity index is 1.31. The van der Waals surface area contributed by atoms with Crippen LogP contribution in [0.25, 0.3) is 0 Å². The SMILES string of the molecule is CC(C)C[C@@H](NC(=O)[C@@H](Cc1ccccc1)NC(=O)[C@H](N)Cc1ccccc1)C(=O)N[C@H](CCN=C(N)N)C(=O)NC1(C(=O)O)CCN(C(=O)[C@@H](CN=C(N)N)NC(=O)[C@@H](CC(C)C)NC(=O)[C@@H](Cc2ccccc2)NC(=O)[C@H](N)Cc2ccccc2)CC1. The van der Waals surface area contributed by atoms with Gasteiger partial charge in [-0.25, -0.2) is 4.79 Å². The molecule has 1 heterocycles. The fourth-order valence-electron chi connectivity index (χ4n) is 10.1. The van der Waals surface area contributed by atoms with E-state index in [1.54, 1.807) is 60.7 Å². The molecule has 4 aromatic carbocycles. The van der Waals surface area contributed by atoms with Crippen molar-refractivity contribution in [2.75, 3.05) is 26.2 Å². The number of carboxylic acid groups (broad SMARTS) is 1. The molecule has 1 aliphatic rings. The van der Waals surface area contributed by atoms with Crippen molar-refractivity contribution in [2.45, 2.75) is 139 Å². The number of hydrogen-bond acceptors (Lipinski definition) is 13. The van der Waals surface area contributed by atoms with E-state index in [0.717, 1.165) is 11.1 Å². The zero-order chi connectivity index (χ0) is 65.2. The van der Waals surface area contributed by atoms with Gasteiger partial charge >= 0.3 is 5.97 Å². The van der Waals surface area contributed by atoms with Gasteiger partial charge in [0.1, 0.15) is 41.8 Å². The van der Waals surface area contributed by atoms with Crippen LogP contribution in [0.3, 0.4) is 0 Å². The lowest BCUT2D eigenvalue weighted by Gasteiger charge is -2.41. The Bertz CT molecular complexity index is 3050. The van der Waals surface area contributed by atoms with Crippen LogP contribution >= 0.6 is 0 Å². The number of likely N-dealkylation sites (tertiary alicyclic amines) is 1. The number of amides is 8. The second-order valence-corrected chi connectivity index (χ2v) is 23.2. The van der Waals surface area contributed by atoms with Crippen molar-refractivity contribution in [2.24, 2.45) is 56.2 Å². The molecule has 8 atom stereocenters. The molecule has 20 N–H and O–H groups in total. The number of rotatable bonds is 33. The standard InChI is InChI=1S/C63H88N16O10/c1-38(2)31-47(75-56(84)49(35-42-21-13-7-14-22-42)73-52(80)44(64)33-40-17-9-5-10-18-40)54(82)72-46(25-28-70-61(66)67)58(86)78-63(60(88)89)26-29-79(30-27-63)59(87)51(37-71-62(68)69)77-55(83)48(32-39(3)4)76-57(85)50(36-43-23-15-8-16-24-43)74-53(81)45(65)34-41-19-11-6-12-20-41/h5-24,38-39,44-51H,25-37,64-65H2,1-4H3,(H,72,82)(H,73,80)(H,74,81)(H,75,84)(H,76,85)(H,77,83)(H,78,86)(H,88,89)(H4,66,67,70)(H4,68,69,71)/t44-,45-,46-,47-,48-,49-,50-,51-/m1/s1. The fraction of sp³-hybridized carbons (Fsp3) is 0.444. The first kappa shape index (κ1) is 70.3. The number of nitrogens with one attached hydrogen (secondary N) is 7. The van der Waals surface area contributed by atoms with E-state index in [1.807, 2.05) is 88.4 Å². The number of aliphatic carboxylic acids is 1. The molecule has 0 saturated carbocycles. The molecule has 1 saturated heterocycles. The molecular formula is C63H88N16O10. The van der Waals surface area contributed by atoms with Gasteiger partial charge in [-0.15, -0.1) is 0 Å². The highest BCUT2D eigenvalue weighted by Crippen LogP contribution is 2.25. The zero-order valence-electron chi connectivity index (χ0n) is 50.9. The summed E-state index contributed by atoms with van der Waals surface area (Å²) in [5.74, 6) is -8.42. The lowest BCUT2D eigenvalue weighted by molar-refractivity contribution is -0.152. The van der Waals surface area contributed by atoms with Crippen molar-refractivity contribution >= 4 is 65.1 Å². The normalized spacial score (nSPS) is 15.4. The van der Waals surface area contributed by atoms with Crippen LogP contribution in [0.2, 0.25) is 0 Å². The maximum atomic E-state index is 14.5. The number of nitrogens with zero attached hydrogens (tertiary/aromatic N) is 3. The van der Waals surface area contributed by atoms with Crippen LogP contribution in [0.1, 0.15) is 82.1 Å². The molecule has 1 fully saturated rings. The van der Waals surface area contributed by atoms with Crippen LogP contribution in [0.15, 0.2) is 131 Å². The molecular weight excluding hydrogens is 1140 g/mol. The van der Waals surface area contributed by atoms with E-state index in [9.17, 15) is 48.3 Å². The maximum Gasteiger partial charge on any atom is 0.329 e. The smallest absolute Gasteiger partial charge is 0.329 e. The molecule has 0 radical (unpaired) electrons. The Labute approximate surface area is 519 Å². The molecule has 26 nitrogen and oxygen atoms in total. The summed E-state index contributed by atoms with van der Waals surface area (Å²) in [7, 11) is 0. The van der Waals surface area contributed by atoms with Crippen LogP contribution in [0.4, 0.5) is 0 Å². The summed E-state index contributed by atoms with van der Waals surface area (Å²) in [4.78, 5) is 136. The number of carboxylic acids is 1. The first-order chi connectivity index (χ1) is 42.3. The fourth-order valence-corrected chi connectivity index (χ4v) is 10.1. The maximum absolute atomic E-state index is 14.5. The van der Waals surface area contributed by atoms with Gasteiger partial charge in [-0.05, 0) is 79.0 Å². The highest BCUT2D eigenvalue weighted by atomic mass is 16.4. The summed E-state index contributed by atoms with van der Waals surface area (Å²) >= 11 is 0. The molecule has 0 unspecified atom stereocenters. The summed E-state index contributed by atoms with van der Waals surface area (Å²) in [6.07, 6.45) is -0.334. The average Bonchev–Trinajstić information content (AvgIpc) is 2.50. The molecule has 4 aromatic rings. The van der Waals surface area contributed by atoms with Crippen molar-refractivity contribution in [3.63, 3.8) is 0 Å². The summed E-state index contributed by atoms with van der Waals surface area (Å²) in [6, 6.07) is 26.2. The highest BCUT2D eigenvalue weighted by Gasteiger charge is 2.46. The number of benzene rings is 4. The third kappa shape index (κ3) is 23.3. The van der Waals surface area contributed by atoms with Crippen LogP contribution in [-0.2, 0) is 68.8 Å². The first-order valence-corrected chi connectivity index (χ1v) is 29.8. The number of carbonyl (C=O) groups is 9. The van der Waals surface area contributed by atoms with Crippen molar-refractivity contribution in [1.82, 2.24) is 42.1 Å². The van der Waals surface area contributed by atoms with Crippen LogP contribution in [0.5, 0.6) is 0 Å². The Kier molecular flexibility index (Phi) is 27.5. The Morgan fingerprint density at radius 2 is 0.798 bits per heavy atom. The van der Waals surface area contributed by atoms with Gasteiger partial charge in [-0.1, -0.05) is 149 Å². The predicted molar refractivity (Wildman–Crippen MR) is 337 cm³/mol. The number of piperidine rings is 1. The van der Waals surface area contributed by atoms with Crippen molar-refractivity contribution in [3.8, 4) is 0 Å². The van der Waals surface area contributed by atoms with Crippen LogP contribution in [-0.4, -0.2) is 155 Å². The third-order valence-electron chi connectivity index (χ3n) is 14.9. The van der Waals surface area contributed by atoms with E-state index < -0.39 is 120 Å². The molecule has 5 rings (SSSR count). The van der Waals surface area contributed by atoms with Gasteiger partial charge < -0.3 is 81.6 Å². The lowest BCUT2D eigenvalue weighted by Crippen LogP contribution is -2.65. The van der Waals surface area contributed by atoms with Gasteiger partial charge in [-0.2, -0.15) is 0 Å². The van der Waals surface area contributed by atoms with Gasteiger partial charge in [0.15, 0.2) is 11.9 Å². The quantitative estimate of drug-likeness (QED) is 0.0203. The molecule has 1 aliphatic heterocycles. The first-order valence-electron chi connectivity index (χ1n) is 29.8. The van der Waals surface area contributed by atoms with E-state index >= 15 is 0 Å². The molecule has 0 aromatic heterocycles. The van der Waals surface area contributed by atoms with Gasteiger partial charge in [-0.3, -0.25) is 48.3 Å². The second kappa shape index (κ2) is 34.8. The van der Waals surface area contributed by atoms with Crippen LogP contribution < -0.4 is 71.6 Å². The van der Waals surface area contributed by atoms with Gasteiger partial charge in [0.2, 0.25) is 47.3 Å². The molecule has 0 aliphatic carbocycles. The number of hydrogen-bond donors (Lipinski definition) is 14. The number of aliphatic imine (C=N–C) groups is 2. The largest absolute Gasteiger partial charge is 0.480 e. The molecule has 8 amide bonds. The summed E-state index contributed by atoms with van der Waals surface area (Å²) in [5.41, 5.74) is 36.3. The van der Waals surface area contributed by atoms with Gasteiger partial charge in [0.05, 0.1) is 18.6 Å². The minimum atomic E-state index is -2.01. The Hall–Kier alpha value is -9.43. The zero-order valence-corrected chi connectivity index (χ0v) is 50.9. The molecule has 0 spiro atoms. The van der Waals surface area contributed by atoms with E-state index in [2.05, 4.69) is 47.2 Å². The number of carbonyl (C=O) groups excluding carboxylic acids is 8. The molecule has 26 heteroatoms. The average molecular weight is 1230 g/mol. The predicted octanol–water partition coefficient (Wildman–Crippen LogP) is -0.888. The lowest BCUT2D eigenvalue weighted by atomic mass is 9.86. The van der Waals surface area contributed by atoms with E-state index in [4.69, 9.17) is 34.4 Å². The molecule has 89 heavy (non-hydrogen) atoms. The molecule has 480 valence electrons. The minimum absolute atomic E-state index is 0.0345. The minimum Gasteiger partial charge on any atom is -0.480 e. The van der Waals surface area contributed by atoms with Crippen LogP contribution in [0, 0.1) is 11.8 Å². The van der Waals surface area contributed by atoms with E-state index in [-0.39, 0.29) is 95.2 Å².